The summed E-state index contributed by atoms with van der Waals surface area (Å²) >= 11 is 0. The molecule has 0 aromatic rings. The third-order valence-electron chi connectivity index (χ3n) is 0. The summed E-state index contributed by atoms with van der Waals surface area (Å²) in [5, 5.41) is 0. The van der Waals surface area contributed by atoms with Crippen molar-refractivity contribution in [3.05, 3.63) is 0 Å². The maximum absolute atomic E-state index is 0. The van der Waals surface area contributed by atoms with Crippen molar-refractivity contribution in [2.24, 2.45) is 0 Å². The molecule has 0 saturated carbocycles. The molecule has 0 spiro atoms. The van der Waals surface area contributed by atoms with E-state index in [0.29, 0.717) is 0 Å². The van der Waals surface area contributed by atoms with Crippen LogP contribution in [0.3, 0.4) is 0 Å². The molecule has 0 saturated heterocycles. The molecule has 18 valence electrons. The topological polar surface area (TPSA) is 0 Å². The monoisotopic (exact) mass is 156 g/mol. The summed E-state index contributed by atoms with van der Waals surface area (Å²) in [5.74, 6) is 0. The summed E-state index contributed by atoms with van der Waals surface area (Å²) < 4.78 is 0. The van der Waals surface area contributed by atoms with E-state index >= 15 is 0 Å². The van der Waals surface area contributed by atoms with E-state index < -0.39 is 0 Å². The Kier molecular flexibility index (Phi) is 93.6. The van der Waals surface area contributed by atoms with Crippen LogP contribution in [0.2, 0.25) is 0 Å². The molecule has 0 heterocycles. The van der Waals surface area contributed by atoms with Gasteiger partial charge in [-0.15, -0.1) is 0 Å². The van der Waals surface area contributed by atoms with Gasteiger partial charge in [0, 0.05) is 0 Å². The molecule has 0 aromatic heterocycles. The molecule has 0 atom stereocenters. The Labute approximate surface area is 127 Å². The minimum atomic E-state index is 0. The van der Waals surface area contributed by atoms with Crippen LogP contribution in [-0.2, 0) is 0 Å². The Morgan fingerprint density at radius 1 is 0.500 bits per heavy atom. The summed E-state index contributed by atoms with van der Waals surface area (Å²) in [7, 11) is 0. The van der Waals surface area contributed by atoms with Crippen molar-refractivity contribution in [2.45, 2.75) is 0 Å². The molecule has 0 N–H and O–H groups in total. The Bertz CT molecular complexity index is 3.25. The van der Waals surface area contributed by atoms with Gasteiger partial charge in [0.25, 0.3) is 0 Å². The molecule has 0 radical (unpaired) electrons. The van der Waals surface area contributed by atoms with Crippen LogP contribution in [-0.4, -0.2) is 131 Å². The van der Waals surface area contributed by atoms with Gasteiger partial charge in [-0.1, -0.05) is 0 Å². The summed E-state index contributed by atoms with van der Waals surface area (Å²) in [6, 6.07) is 0. The van der Waals surface area contributed by atoms with Crippen molar-refractivity contribution in [3.63, 3.8) is 0 Å². The SMILES string of the molecule is [AlH3].[CaH2].[CaH2].[CaH2]. The second-order valence-electron chi connectivity index (χ2n) is 0. The molecule has 0 bridgehead atoms. The van der Waals surface area contributed by atoms with Crippen molar-refractivity contribution in [2.75, 3.05) is 0 Å². The van der Waals surface area contributed by atoms with Gasteiger partial charge < -0.3 is 0 Å². The number of rotatable bonds is 0. The van der Waals surface area contributed by atoms with Gasteiger partial charge in [0.05, 0.1) is 0 Å². The first-order chi connectivity index (χ1) is 0. The molecule has 0 unspecified atom stereocenters. The molecule has 0 fully saturated rings. The normalized spacial score (nSPS) is 0. The van der Waals surface area contributed by atoms with Crippen LogP contribution in [0.15, 0.2) is 0 Å². The van der Waals surface area contributed by atoms with Gasteiger partial charge in [-0.25, -0.2) is 0 Å². The number of hydrogen-bond donors (Lipinski definition) is 0. The fraction of sp³-hybridized carbons (Fsp3) is 0. The molecule has 4 heavy (non-hydrogen) atoms. The molecule has 0 aromatic carbocycles. The van der Waals surface area contributed by atoms with E-state index in [0.717, 1.165) is 0 Å². The van der Waals surface area contributed by atoms with Crippen LogP contribution in [0, 0.1) is 0 Å². The molecule has 4 heteroatoms. The quantitative estimate of drug-likeness (QED) is 0.314. The third-order valence-corrected chi connectivity index (χ3v) is 0. The molecule has 0 rings (SSSR count). The van der Waals surface area contributed by atoms with Gasteiger partial charge in [0.1, 0.15) is 0 Å². The predicted molar refractivity (Wildman–Crippen MR) is 35.6 cm³/mol. The molecular weight excluding hydrogens is 147 g/mol. The minimum absolute atomic E-state index is 0. The van der Waals surface area contributed by atoms with Crippen LogP contribution >= 0.6 is 0 Å². The average molecular weight is 156 g/mol. The van der Waals surface area contributed by atoms with Crippen molar-refractivity contribution < 1.29 is 0 Å². The fourth-order valence-corrected chi connectivity index (χ4v) is 0. The van der Waals surface area contributed by atoms with Gasteiger partial charge in [-0.3, -0.25) is 0 Å². The van der Waals surface area contributed by atoms with Gasteiger partial charge in [0.2, 0.25) is 0 Å². The molecule has 0 aliphatic rings. The standard InChI is InChI=1S/Al.3Ca.9H. The van der Waals surface area contributed by atoms with Crippen LogP contribution in [0.5, 0.6) is 0 Å². The van der Waals surface area contributed by atoms with E-state index in [1.807, 2.05) is 0 Å². The zero-order valence-electron chi connectivity index (χ0n) is 0. The van der Waals surface area contributed by atoms with Crippen molar-refractivity contribution in [3.8, 4) is 0 Å². The first kappa shape index (κ1) is 23.9. The Morgan fingerprint density at radius 2 is 0.500 bits per heavy atom. The molecule has 0 nitrogen and oxygen atoms in total. The van der Waals surface area contributed by atoms with Crippen LogP contribution in [0.1, 0.15) is 0 Å². The zero-order chi connectivity index (χ0) is 0. The molecule has 0 amide bonds. The van der Waals surface area contributed by atoms with E-state index in [4.69, 9.17) is 0 Å². The summed E-state index contributed by atoms with van der Waals surface area (Å²) in [4.78, 5) is 0. The predicted octanol–water partition coefficient (Wildman–Crippen LogP) is -3.93. The molecule has 0 aliphatic carbocycles. The molecule has 0 aliphatic heterocycles. The van der Waals surface area contributed by atoms with E-state index in [1.165, 1.54) is 0 Å². The second kappa shape index (κ2) is 15.7. The summed E-state index contributed by atoms with van der Waals surface area (Å²) in [6.45, 7) is 0. The van der Waals surface area contributed by atoms with Crippen LogP contribution < -0.4 is 0 Å². The van der Waals surface area contributed by atoms with E-state index in [1.54, 1.807) is 0 Å². The van der Waals surface area contributed by atoms with E-state index in [9.17, 15) is 0 Å². The maximum atomic E-state index is 0. The fourth-order valence-electron chi connectivity index (χ4n) is 0. The third kappa shape index (κ3) is 9.58. The first-order valence-electron chi connectivity index (χ1n) is 0. The van der Waals surface area contributed by atoms with Crippen LogP contribution in [0.4, 0.5) is 0 Å². The molecular formula is H9AlCa3. The Balaban J connectivity index is 0. The van der Waals surface area contributed by atoms with Crippen molar-refractivity contribution in [1.82, 2.24) is 0 Å². The van der Waals surface area contributed by atoms with Crippen LogP contribution in [0.25, 0.3) is 0 Å². The van der Waals surface area contributed by atoms with Crippen molar-refractivity contribution >= 4 is 131 Å². The summed E-state index contributed by atoms with van der Waals surface area (Å²) in [6.07, 6.45) is 0. The second-order valence-corrected chi connectivity index (χ2v) is 0. The van der Waals surface area contributed by atoms with Gasteiger partial charge in [-0.2, -0.15) is 0 Å². The van der Waals surface area contributed by atoms with Gasteiger partial charge in [-0.05, 0) is 0 Å². The first-order valence-corrected chi connectivity index (χ1v) is 0. The van der Waals surface area contributed by atoms with E-state index in [2.05, 4.69) is 0 Å². The van der Waals surface area contributed by atoms with Gasteiger partial charge >= 0.3 is 113 Å². The number of hydrogen-bond acceptors (Lipinski definition) is 0. The zero-order valence-corrected chi connectivity index (χ0v) is 0. The average Bonchev–Trinajstić information content (AvgIpc) is 0. The van der Waals surface area contributed by atoms with Gasteiger partial charge in [0.15, 0.2) is 17.4 Å². The van der Waals surface area contributed by atoms with Crippen molar-refractivity contribution in [1.29, 1.82) is 0 Å². The Morgan fingerprint density at radius 3 is 0.500 bits per heavy atom. The Hall–Kier alpha value is 4.31. The summed E-state index contributed by atoms with van der Waals surface area (Å²) in [5.41, 5.74) is 0. The van der Waals surface area contributed by atoms with E-state index in [-0.39, 0.29) is 131 Å².